The van der Waals surface area contributed by atoms with Crippen molar-refractivity contribution in [2.45, 2.75) is 40.7 Å². The number of nitrogens with one attached hydrogen (secondary N) is 2. The molecule has 0 aliphatic carbocycles. The summed E-state index contributed by atoms with van der Waals surface area (Å²) in [6.45, 7) is 10.9. The van der Waals surface area contributed by atoms with E-state index >= 15 is 0 Å². The number of ether oxygens (including phenoxy) is 1. The van der Waals surface area contributed by atoms with Gasteiger partial charge >= 0.3 is 0 Å². The molecule has 0 bridgehead atoms. The van der Waals surface area contributed by atoms with Crippen LogP contribution in [0.3, 0.4) is 0 Å². The molecular weight excluding hydrogens is 262 g/mol. The summed E-state index contributed by atoms with van der Waals surface area (Å²) in [5.74, 6) is 2.44. The first kappa shape index (κ1) is 17.3. The highest BCUT2D eigenvalue weighted by molar-refractivity contribution is 5.79. The number of nitrogens with zero attached hydrogens (tertiary/aromatic N) is 1. The Morgan fingerprint density at radius 1 is 1.29 bits per heavy atom. The topological polar surface area (TPSA) is 45.7 Å². The molecule has 0 atom stereocenters. The van der Waals surface area contributed by atoms with E-state index in [1.54, 1.807) is 7.05 Å². The van der Waals surface area contributed by atoms with Gasteiger partial charge in [-0.1, -0.05) is 26.0 Å². The van der Waals surface area contributed by atoms with E-state index in [1.165, 1.54) is 5.56 Å². The number of rotatable bonds is 7. The maximum atomic E-state index is 5.95. The van der Waals surface area contributed by atoms with Crippen LogP contribution in [0.2, 0.25) is 0 Å². The molecule has 4 heteroatoms. The zero-order valence-electron chi connectivity index (χ0n) is 14.0. The first-order valence-corrected chi connectivity index (χ1v) is 7.73. The molecule has 0 aliphatic heterocycles. The Labute approximate surface area is 129 Å². The third kappa shape index (κ3) is 6.52. The van der Waals surface area contributed by atoms with Crippen molar-refractivity contribution in [2.24, 2.45) is 10.9 Å². The van der Waals surface area contributed by atoms with Crippen LogP contribution in [0.4, 0.5) is 0 Å². The first-order valence-electron chi connectivity index (χ1n) is 7.73. The van der Waals surface area contributed by atoms with E-state index in [0.29, 0.717) is 12.5 Å². The summed E-state index contributed by atoms with van der Waals surface area (Å²) in [5, 5.41) is 6.49. The van der Waals surface area contributed by atoms with Crippen molar-refractivity contribution in [3.63, 3.8) is 0 Å². The van der Waals surface area contributed by atoms with E-state index in [4.69, 9.17) is 4.74 Å². The SMILES string of the molecule is CCNC(=NC)NCc1ccc(C)cc1OCCC(C)C. The van der Waals surface area contributed by atoms with Gasteiger partial charge in [0.1, 0.15) is 5.75 Å². The number of hydrogen-bond donors (Lipinski definition) is 2. The smallest absolute Gasteiger partial charge is 0.191 e. The van der Waals surface area contributed by atoms with E-state index in [9.17, 15) is 0 Å². The van der Waals surface area contributed by atoms with Crippen LogP contribution >= 0.6 is 0 Å². The van der Waals surface area contributed by atoms with Crippen molar-refractivity contribution >= 4 is 5.96 Å². The molecule has 0 heterocycles. The first-order chi connectivity index (χ1) is 10.1. The Bertz CT molecular complexity index is 455. The Morgan fingerprint density at radius 2 is 2.05 bits per heavy atom. The highest BCUT2D eigenvalue weighted by atomic mass is 16.5. The van der Waals surface area contributed by atoms with Gasteiger partial charge in [0.05, 0.1) is 6.61 Å². The van der Waals surface area contributed by atoms with E-state index < -0.39 is 0 Å². The van der Waals surface area contributed by atoms with Gasteiger partial charge in [-0.3, -0.25) is 4.99 Å². The second-order valence-electron chi connectivity index (χ2n) is 5.60. The number of aliphatic imine (C=N–C) groups is 1. The molecule has 21 heavy (non-hydrogen) atoms. The fraction of sp³-hybridized carbons (Fsp3) is 0.588. The van der Waals surface area contributed by atoms with Crippen LogP contribution in [0.5, 0.6) is 5.75 Å². The van der Waals surface area contributed by atoms with Gasteiger partial charge in [0.15, 0.2) is 5.96 Å². The van der Waals surface area contributed by atoms with Crippen LogP contribution in [-0.4, -0.2) is 26.2 Å². The maximum absolute atomic E-state index is 5.95. The van der Waals surface area contributed by atoms with Crippen LogP contribution in [0.25, 0.3) is 0 Å². The van der Waals surface area contributed by atoms with Crippen molar-refractivity contribution in [1.29, 1.82) is 0 Å². The summed E-state index contributed by atoms with van der Waals surface area (Å²) < 4.78 is 5.95. The molecule has 0 spiro atoms. The molecule has 0 unspecified atom stereocenters. The van der Waals surface area contributed by atoms with Gasteiger partial charge in [-0.2, -0.15) is 0 Å². The molecule has 118 valence electrons. The Balaban J connectivity index is 2.67. The van der Waals surface area contributed by atoms with Crippen molar-refractivity contribution in [1.82, 2.24) is 10.6 Å². The zero-order chi connectivity index (χ0) is 15.7. The predicted molar refractivity (Wildman–Crippen MR) is 90.0 cm³/mol. The predicted octanol–water partition coefficient (Wildman–Crippen LogP) is 3.10. The minimum atomic E-state index is 0.656. The van der Waals surface area contributed by atoms with Gasteiger partial charge in [-0.15, -0.1) is 0 Å². The van der Waals surface area contributed by atoms with Gasteiger partial charge in [0, 0.05) is 25.7 Å². The molecule has 2 N–H and O–H groups in total. The Hall–Kier alpha value is -1.71. The zero-order valence-corrected chi connectivity index (χ0v) is 14.0. The molecular formula is C17H29N3O. The molecule has 1 aromatic carbocycles. The van der Waals surface area contributed by atoms with Gasteiger partial charge in [0.2, 0.25) is 0 Å². The number of benzene rings is 1. The van der Waals surface area contributed by atoms with Crippen LogP contribution in [-0.2, 0) is 6.54 Å². The second kappa shape index (κ2) is 9.27. The number of hydrogen-bond acceptors (Lipinski definition) is 2. The van der Waals surface area contributed by atoms with Crippen molar-refractivity contribution in [3.8, 4) is 5.75 Å². The summed E-state index contributed by atoms with van der Waals surface area (Å²) in [6.07, 6.45) is 1.07. The van der Waals surface area contributed by atoms with E-state index in [2.05, 4.69) is 61.5 Å². The average molecular weight is 291 g/mol. The van der Waals surface area contributed by atoms with Crippen molar-refractivity contribution in [3.05, 3.63) is 29.3 Å². The van der Waals surface area contributed by atoms with Gasteiger partial charge in [-0.05, 0) is 37.8 Å². The summed E-state index contributed by atoms with van der Waals surface area (Å²) in [6, 6.07) is 6.34. The normalized spacial score (nSPS) is 11.6. The fourth-order valence-electron chi connectivity index (χ4n) is 1.91. The molecule has 0 saturated heterocycles. The molecule has 0 aromatic heterocycles. The summed E-state index contributed by atoms with van der Waals surface area (Å²) in [7, 11) is 1.78. The lowest BCUT2D eigenvalue weighted by atomic mass is 10.1. The van der Waals surface area contributed by atoms with Gasteiger partial charge in [0.25, 0.3) is 0 Å². The van der Waals surface area contributed by atoms with Crippen LogP contribution in [0, 0.1) is 12.8 Å². The monoisotopic (exact) mass is 291 g/mol. The van der Waals surface area contributed by atoms with Crippen molar-refractivity contribution in [2.75, 3.05) is 20.2 Å². The summed E-state index contributed by atoms with van der Waals surface area (Å²) in [5.41, 5.74) is 2.37. The molecule has 0 aliphatic rings. The summed E-state index contributed by atoms with van der Waals surface area (Å²) >= 11 is 0. The molecule has 1 rings (SSSR count). The third-order valence-corrected chi connectivity index (χ3v) is 3.19. The summed E-state index contributed by atoms with van der Waals surface area (Å²) in [4.78, 5) is 4.18. The highest BCUT2D eigenvalue weighted by Crippen LogP contribution is 2.21. The quantitative estimate of drug-likeness (QED) is 0.599. The lowest BCUT2D eigenvalue weighted by Gasteiger charge is -2.15. The maximum Gasteiger partial charge on any atom is 0.191 e. The number of guanidine groups is 1. The number of aryl methyl sites for hydroxylation is 1. The lowest BCUT2D eigenvalue weighted by molar-refractivity contribution is 0.286. The minimum absolute atomic E-state index is 0.656. The molecule has 1 aromatic rings. The molecule has 0 amide bonds. The molecule has 0 saturated carbocycles. The van der Waals surface area contributed by atoms with Gasteiger partial charge in [-0.25, -0.2) is 0 Å². The van der Waals surface area contributed by atoms with Gasteiger partial charge < -0.3 is 15.4 Å². The Morgan fingerprint density at radius 3 is 2.67 bits per heavy atom. The third-order valence-electron chi connectivity index (χ3n) is 3.19. The van der Waals surface area contributed by atoms with Crippen LogP contribution in [0.1, 0.15) is 38.3 Å². The van der Waals surface area contributed by atoms with Crippen molar-refractivity contribution < 1.29 is 4.74 Å². The minimum Gasteiger partial charge on any atom is -0.493 e. The van der Waals surface area contributed by atoms with Crippen LogP contribution in [0.15, 0.2) is 23.2 Å². The molecule has 0 radical (unpaired) electrons. The molecule has 0 fully saturated rings. The average Bonchev–Trinajstić information content (AvgIpc) is 2.44. The van der Waals surface area contributed by atoms with Crippen LogP contribution < -0.4 is 15.4 Å². The van der Waals surface area contributed by atoms with E-state index in [1.807, 2.05) is 0 Å². The van der Waals surface area contributed by atoms with E-state index in [-0.39, 0.29) is 0 Å². The highest BCUT2D eigenvalue weighted by Gasteiger charge is 2.06. The second-order valence-corrected chi connectivity index (χ2v) is 5.60. The largest absolute Gasteiger partial charge is 0.493 e. The van der Waals surface area contributed by atoms with E-state index in [0.717, 1.165) is 36.8 Å². The Kier molecular flexibility index (Phi) is 7.65. The lowest BCUT2D eigenvalue weighted by Crippen LogP contribution is -2.36. The fourth-order valence-corrected chi connectivity index (χ4v) is 1.91. The standard InChI is InChI=1S/C17H29N3O/c1-6-19-17(18-5)20-12-15-8-7-14(4)11-16(15)21-10-9-13(2)3/h7-8,11,13H,6,9-10,12H2,1-5H3,(H2,18,19,20). The molecule has 4 nitrogen and oxygen atoms in total.